The van der Waals surface area contributed by atoms with E-state index in [0.717, 1.165) is 30.1 Å². The van der Waals surface area contributed by atoms with Crippen molar-refractivity contribution >= 4 is 44.6 Å². The first-order valence-electron chi connectivity index (χ1n) is 7.30. The van der Waals surface area contributed by atoms with Gasteiger partial charge < -0.3 is 4.90 Å². The van der Waals surface area contributed by atoms with Crippen LogP contribution in [0.25, 0.3) is 0 Å². The summed E-state index contributed by atoms with van der Waals surface area (Å²) < 4.78 is 24.4. The molecule has 0 unspecified atom stereocenters. The predicted octanol–water partition coefficient (Wildman–Crippen LogP) is 2.87. The maximum Gasteiger partial charge on any atom is 0.266 e. The van der Waals surface area contributed by atoms with Gasteiger partial charge >= 0.3 is 0 Å². The van der Waals surface area contributed by atoms with Gasteiger partial charge in [-0.15, -0.1) is 16.2 Å². The molecule has 0 fully saturated rings. The van der Waals surface area contributed by atoms with Gasteiger partial charge in [-0.2, -0.15) is 0 Å². The Kier molecular flexibility index (Phi) is 6.22. The van der Waals surface area contributed by atoms with Crippen molar-refractivity contribution in [3.63, 3.8) is 0 Å². The monoisotopic (exact) mass is 387 g/mol. The zero-order valence-electron chi connectivity index (χ0n) is 13.2. The van der Waals surface area contributed by atoms with Crippen molar-refractivity contribution in [1.29, 1.82) is 0 Å². The fourth-order valence-corrected chi connectivity index (χ4v) is 4.41. The number of hydrazine groups is 1. The fraction of sp³-hybridized carbons (Fsp3) is 0.267. The molecule has 1 aromatic heterocycles. The Labute approximate surface area is 150 Å². The summed E-state index contributed by atoms with van der Waals surface area (Å²) in [7, 11) is -3.83. The van der Waals surface area contributed by atoms with Gasteiger partial charge in [0.2, 0.25) is 0 Å². The molecular weight excluding hydrogens is 370 g/mol. The minimum atomic E-state index is -3.83. The van der Waals surface area contributed by atoms with Gasteiger partial charge in [0.1, 0.15) is 4.21 Å². The number of amides is 1. The fourth-order valence-electron chi connectivity index (χ4n) is 2.09. The number of halogens is 1. The molecule has 1 heterocycles. The van der Waals surface area contributed by atoms with Gasteiger partial charge in [0.25, 0.3) is 15.9 Å². The first-order chi connectivity index (χ1) is 11.4. The maximum absolute atomic E-state index is 12.1. The summed E-state index contributed by atoms with van der Waals surface area (Å²) in [4.78, 5) is 16.3. The van der Waals surface area contributed by atoms with Crippen LogP contribution in [0.4, 0.5) is 5.69 Å². The van der Waals surface area contributed by atoms with Crippen LogP contribution in [-0.4, -0.2) is 27.4 Å². The Bertz CT molecular complexity index is 800. The lowest BCUT2D eigenvalue weighted by Gasteiger charge is -2.21. The molecule has 2 rings (SSSR count). The molecule has 2 aromatic rings. The Morgan fingerprint density at radius 1 is 1.12 bits per heavy atom. The predicted molar refractivity (Wildman–Crippen MR) is 97.1 cm³/mol. The molecule has 0 aliphatic rings. The molecule has 0 atom stereocenters. The third kappa shape index (κ3) is 4.47. The number of rotatable bonds is 7. The molecule has 0 saturated heterocycles. The van der Waals surface area contributed by atoms with Crippen molar-refractivity contribution in [1.82, 2.24) is 10.3 Å². The Hall–Kier alpha value is -1.61. The molecule has 0 radical (unpaired) electrons. The van der Waals surface area contributed by atoms with E-state index in [2.05, 4.69) is 29.0 Å². The number of nitrogens with one attached hydrogen (secondary N) is 2. The van der Waals surface area contributed by atoms with E-state index in [0.29, 0.717) is 9.90 Å². The number of hydrogen-bond acceptors (Lipinski definition) is 5. The van der Waals surface area contributed by atoms with Crippen molar-refractivity contribution in [2.75, 3.05) is 18.0 Å². The molecule has 1 aromatic carbocycles. The highest BCUT2D eigenvalue weighted by Gasteiger charge is 2.18. The lowest BCUT2D eigenvalue weighted by Crippen LogP contribution is -2.41. The second-order valence-corrected chi connectivity index (χ2v) is 8.46. The van der Waals surface area contributed by atoms with Crippen molar-refractivity contribution in [3.05, 3.63) is 46.3 Å². The van der Waals surface area contributed by atoms with Crippen LogP contribution in [0.1, 0.15) is 24.2 Å². The zero-order valence-corrected chi connectivity index (χ0v) is 15.6. The van der Waals surface area contributed by atoms with E-state index in [4.69, 9.17) is 11.6 Å². The number of thiophene rings is 1. The highest BCUT2D eigenvalue weighted by Crippen LogP contribution is 2.25. The number of benzene rings is 1. The van der Waals surface area contributed by atoms with Gasteiger partial charge in [0.15, 0.2) is 0 Å². The van der Waals surface area contributed by atoms with E-state index >= 15 is 0 Å². The minimum Gasteiger partial charge on any atom is -0.372 e. The van der Waals surface area contributed by atoms with E-state index in [1.165, 1.54) is 12.1 Å². The van der Waals surface area contributed by atoms with E-state index in [1.54, 1.807) is 12.1 Å². The van der Waals surface area contributed by atoms with Crippen molar-refractivity contribution in [2.45, 2.75) is 18.1 Å². The van der Waals surface area contributed by atoms with Crippen molar-refractivity contribution < 1.29 is 13.2 Å². The summed E-state index contributed by atoms with van der Waals surface area (Å²) in [5.41, 5.74) is 3.56. The molecule has 0 saturated carbocycles. The summed E-state index contributed by atoms with van der Waals surface area (Å²) in [6.45, 7) is 5.84. The number of sulfonamides is 1. The van der Waals surface area contributed by atoms with Crippen LogP contribution < -0.4 is 15.2 Å². The van der Waals surface area contributed by atoms with Crippen LogP contribution in [0.2, 0.25) is 4.34 Å². The van der Waals surface area contributed by atoms with Gasteiger partial charge in [-0.05, 0) is 50.2 Å². The molecule has 9 heteroatoms. The number of carbonyl (C=O) groups is 1. The molecule has 1 amide bonds. The lowest BCUT2D eigenvalue weighted by molar-refractivity contribution is 0.0945. The molecule has 6 nitrogen and oxygen atoms in total. The van der Waals surface area contributed by atoms with Crippen LogP contribution in [0.5, 0.6) is 0 Å². The average Bonchev–Trinajstić information content (AvgIpc) is 3.02. The number of carbonyl (C=O) groups excluding carboxylic acids is 1. The van der Waals surface area contributed by atoms with Gasteiger partial charge in [-0.25, -0.2) is 8.42 Å². The van der Waals surface area contributed by atoms with E-state index < -0.39 is 15.9 Å². The molecule has 0 aliphatic carbocycles. The molecule has 130 valence electrons. The Morgan fingerprint density at radius 2 is 1.75 bits per heavy atom. The molecule has 24 heavy (non-hydrogen) atoms. The smallest absolute Gasteiger partial charge is 0.266 e. The van der Waals surface area contributed by atoms with E-state index in [1.807, 2.05) is 12.1 Å². The molecule has 2 N–H and O–H groups in total. The third-order valence-electron chi connectivity index (χ3n) is 3.37. The van der Waals surface area contributed by atoms with Crippen LogP contribution in [0.3, 0.4) is 0 Å². The number of nitrogens with zero attached hydrogens (tertiary/aromatic N) is 1. The minimum absolute atomic E-state index is 0.0321. The Morgan fingerprint density at radius 3 is 2.25 bits per heavy atom. The largest absolute Gasteiger partial charge is 0.372 e. The molecule has 0 bridgehead atoms. The van der Waals surface area contributed by atoms with Gasteiger partial charge in [0, 0.05) is 24.3 Å². The lowest BCUT2D eigenvalue weighted by atomic mass is 10.2. The third-order valence-corrected chi connectivity index (χ3v) is 6.34. The summed E-state index contributed by atoms with van der Waals surface area (Å²) in [6.07, 6.45) is 0. The summed E-state index contributed by atoms with van der Waals surface area (Å²) in [5.74, 6) is -0.535. The quantitative estimate of drug-likeness (QED) is 0.716. The molecular formula is C15H18ClN3O3S2. The SMILES string of the molecule is CCN(CC)c1ccc(C(=O)NNS(=O)(=O)c2ccc(Cl)s2)cc1. The van der Waals surface area contributed by atoms with Crippen LogP contribution in [0.15, 0.2) is 40.6 Å². The summed E-state index contributed by atoms with van der Waals surface area (Å²) >= 11 is 6.63. The standard InChI is InChI=1S/C15H18ClN3O3S2/c1-3-19(4-2)12-7-5-11(6-8-12)15(20)17-18-24(21,22)14-10-9-13(16)23-14/h5-10,18H,3-4H2,1-2H3,(H,17,20). The first kappa shape index (κ1) is 18.7. The van der Waals surface area contributed by atoms with Crippen molar-refractivity contribution in [3.8, 4) is 0 Å². The van der Waals surface area contributed by atoms with Gasteiger partial charge in [-0.1, -0.05) is 11.6 Å². The summed E-state index contributed by atoms with van der Waals surface area (Å²) in [6, 6.07) is 9.82. The average molecular weight is 388 g/mol. The second kappa shape index (κ2) is 7.98. The van der Waals surface area contributed by atoms with E-state index in [9.17, 15) is 13.2 Å². The molecule has 0 spiro atoms. The van der Waals surface area contributed by atoms with Gasteiger partial charge in [-0.3, -0.25) is 10.2 Å². The molecule has 0 aliphatic heterocycles. The number of anilines is 1. The first-order valence-corrected chi connectivity index (χ1v) is 9.97. The zero-order chi connectivity index (χ0) is 17.7. The van der Waals surface area contributed by atoms with Crippen LogP contribution >= 0.6 is 22.9 Å². The topological polar surface area (TPSA) is 78.5 Å². The van der Waals surface area contributed by atoms with Gasteiger partial charge in [0.05, 0.1) is 4.34 Å². The Balaban J connectivity index is 2.02. The van der Waals surface area contributed by atoms with Crippen LogP contribution in [0, 0.1) is 0 Å². The highest BCUT2D eigenvalue weighted by molar-refractivity contribution is 7.91. The normalized spacial score (nSPS) is 11.3. The van der Waals surface area contributed by atoms with Crippen molar-refractivity contribution in [2.24, 2.45) is 0 Å². The second-order valence-electron chi connectivity index (χ2n) is 4.84. The number of hydrogen-bond donors (Lipinski definition) is 2. The maximum atomic E-state index is 12.1. The van der Waals surface area contributed by atoms with Crippen LogP contribution in [-0.2, 0) is 10.0 Å². The summed E-state index contributed by atoms with van der Waals surface area (Å²) in [5, 5.41) is 0. The van der Waals surface area contributed by atoms with E-state index in [-0.39, 0.29) is 4.21 Å². The highest BCUT2D eigenvalue weighted by atomic mass is 35.5.